The molecule has 0 aromatic rings. The minimum Gasteiger partial charge on any atom is -0.466 e. The van der Waals surface area contributed by atoms with E-state index >= 15 is 0 Å². The minimum atomic E-state index is -0.268. The van der Waals surface area contributed by atoms with E-state index in [4.69, 9.17) is 4.74 Å². The number of nitrogens with zero attached hydrogens (tertiary/aromatic N) is 1. The number of carbonyl (C=O) groups excluding carboxylic acids is 1. The molecule has 0 bridgehead atoms. The van der Waals surface area contributed by atoms with Crippen molar-refractivity contribution in [3.05, 3.63) is 12.2 Å². The van der Waals surface area contributed by atoms with E-state index in [0.717, 1.165) is 49.9 Å². The molecule has 17 heavy (non-hydrogen) atoms. The standard InChI is InChI=1S/C14H28NO2/c1-6-9-15(10-7-2,11-8-3)12-13(4)14(16)17-5/h4,6-12H2,1-3,5H3/q+1. The summed E-state index contributed by atoms with van der Waals surface area (Å²) < 4.78 is 5.71. The first-order valence-corrected chi connectivity index (χ1v) is 6.66. The summed E-state index contributed by atoms with van der Waals surface area (Å²) in [6, 6.07) is 0. The van der Waals surface area contributed by atoms with Crippen LogP contribution in [0, 0.1) is 0 Å². The molecule has 0 aliphatic heterocycles. The number of rotatable bonds is 9. The molecule has 0 atom stereocenters. The van der Waals surface area contributed by atoms with Gasteiger partial charge in [0.2, 0.25) is 0 Å². The fourth-order valence-corrected chi connectivity index (χ4v) is 2.61. The third-order valence-electron chi connectivity index (χ3n) is 3.09. The number of methoxy groups -OCH3 is 1. The quantitative estimate of drug-likeness (QED) is 0.353. The molecule has 0 unspecified atom stereocenters. The third kappa shape index (κ3) is 5.35. The molecule has 0 radical (unpaired) electrons. The summed E-state index contributed by atoms with van der Waals surface area (Å²) in [7, 11) is 1.42. The molecular formula is C14H28NO2+. The fraction of sp³-hybridized carbons (Fsp3) is 0.786. The number of ether oxygens (including phenoxy) is 1. The van der Waals surface area contributed by atoms with Gasteiger partial charge in [0.25, 0.3) is 0 Å². The van der Waals surface area contributed by atoms with Gasteiger partial charge >= 0.3 is 5.97 Å². The normalized spacial score (nSPS) is 11.3. The van der Waals surface area contributed by atoms with Crippen molar-refractivity contribution in [3.8, 4) is 0 Å². The van der Waals surface area contributed by atoms with Crippen LogP contribution in [0.3, 0.4) is 0 Å². The molecule has 0 rings (SSSR count). The zero-order valence-corrected chi connectivity index (χ0v) is 11.9. The number of quaternary nitrogens is 1. The molecule has 0 saturated heterocycles. The average molecular weight is 242 g/mol. The van der Waals surface area contributed by atoms with Gasteiger partial charge in [0.15, 0.2) is 0 Å². The van der Waals surface area contributed by atoms with Gasteiger partial charge in [-0.3, -0.25) is 0 Å². The van der Waals surface area contributed by atoms with E-state index in [1.807, 2.05) is 0 Å². The first-order chi connectivity index (χ1) is 8.05. The van der Waals surface area contributed by atoms with Crippen LogP contribution in [0.2, 0.25) is 0 Å². The van der Waals surface area contributed by atoms with Gasteiger partial charge in [-0.1, -0.05) is 27.4 Å². The highest BCUT2D eigenvalue weighted by Crippen LogP contribution is 2.15. The van der Waals surface area contributed by atoms with E-state index in [0.29, 0.717) is 5.57 Å². The summed E-state index contributed by atoms with van der Waals surface area (Å²) in [6.07, 6.45) is 3.40. The van der Waals surface area contributed by atoms with Crippen molar-refractivity contribution in [1.29, 1.82) is 0 Å². The monoisotopic (exact) mass is 242 g/mol. The molecule has 0 heterocycles. The van der Waals surface area contributed by atoms with Gasteiger partial charge in [-0.25, -0.2) is 4.79 Å². The van der Waals surface area contributed by atoms with Crippen LogP contribution in [-0.4, -0.2) is 43.7 Å². The summed E-state index contributed by atoms with van der Waals surface area (Å²) in [5, 5.41) is 0. The Balaban J connectivity index is 4.75. The largest absolute Gasteiger partial charge is 0.466 e. The molecule has 0 amide bonds. The number of carbonyl (C=O) groups is 1. The highest BCUT2D eigenvalue weighted by atomic mass is 16.5. The second-order valence-corrected chi connectivity index (χ2v) is 4.77. The average Bonchev–Trinajstić information content (AvgIpc) is 2.28. The highest BCUT2D eigenvalue weighted by Gasteiger charge is 2.27. The summed E-state index contributed by atoms with van der Waals surface area (Å²) in [5.41, 5.74) is 0.600. The van der Waals surface area contributed by atoms with Gasteiger partial charge < -0.3 is 9.22 Å². The van der Waals surface area contributed by atoms with Crippen molar-refractivity contribution in [3.63, 3.8) is 0 Å². The molecule has 3 nitrogen and oxygen atoms in total. The molecule has 100 valence electrons. The van der Waals surface area contributed by atoms with Crippen LogP contribution in [0.1, 0.15) is 40.0 Å². The zero-order valence-electron chi connectivity index (χ0n) is 11.9. The van der Waals surface area contributed by atoms with Gasteiger partial charge in [0.1, 0.15) is 6.54 Å². The summed E-state index contributed by atoms with van der Waals surface area (Å²) in [5.74, 6) is -0.268. The second kappa shape index (κ2) is 8.29. The lowest BCUT2D eigenvalue weighted by Gasteiger charge is -2.38. The Bertz CT molecular complexity index is 232. The predicted molar refractivity (Wildman–Crippen MR) is 71.8 cm³/mol. The number of hydrogen-bond donors (Lipinski definition) is 0. The van der Waals surface area contributed by atoms with Crippen LogP contribution in [0.4, 0.5) is 0 Å². The zero-order chi connectivity index (χ0) is 13.3. The van der Waals surface area contributed by atoms with Crippen LogP contribution in [-0.2, 0) is 9.53 Å². The Morgan fingerprint density at radius 2 is 1.47 bits per heavy atom. The first kappa shape index (κ1) is 16.2. The predicted octanol–water partition coefficient (Wildman–Crippen LogP) is 2.76. The third-order valence-corrected chi connectivity index (χ3v) is 3.09. The lowest BCUT2D eigenvalue weighted by molar-refractivity contribution is -0.923. The van der Waals surface area contributed by atoms with Gasteiger partial charge in [0, 0.05) is 0 Å². The number of hydrogen-bond acceptors (Lipinski definition) is 2. The second-order valence-electron chi connectivity index (χ2n) is 4.77. The van der Waals surface area contributed by atoms with Crippen molar-refractivity contribution in [2.75, 3.05) is 33.3 Å². The molecule has 0 spiro atoms. The van der Waals surface area contributed by atoms with E-state index in [9.17, 15) is 4.79 Å². The maximum atomic E-state index is 11.5. The van der Waals surface area contributed by atoms with Crippen LogP contribution in [0.25, 0.3) is 0 Å². The SMILES string of the molecule is C=C(C[N+](CCC)(CCC)CCC)C(=O)OC. The molecular weight excluding hydrogens is 214 g/mol. The van der Waals surface area contributed by atoms with E-state index in [2.05, 4.69) is 27.4 Å². The van der Waals surface area contributed by atoms with Crippen LogP contribution in [0.15, 0.2) is 12.2 Å². The summed E-state index contributed by atoms with van der Waals surface area (Å²) >= 11 is 0. The van der Waals surface area contributed by atoms with Crippen LogP contribution < -0.4 is 0 Å². The van der Waals surface area contributed by atoms with Crippen molar-refractivity contribution in [2.24, 2.45) is 0 Å². The Hall–Kier alpha value is -0.830. The van der Waals surface area contributed by atoms with Gasteiger partial charge in [-0.05, 0) is 19.3 Å². The molecule has 0 aliphatic carbocycles. The molecule has 0 saturated carbocycles. The maximum Gasteiger partial charge on any atom is 0.338 e. The van der Waals surface area contributed by atoms with Crippen molar-refractivity contribution >= 4 is 5.97 Å². The van der Waals surface area contributed by atoms with Crippen molar-refractivity contribution in [2.45, 2.75) is 40.0 Å². The summed E-state index contributed by atoms with van der Waals surface area (Å²) in [6.45, 7) is 14.5. The van der Waals surface area contributed by atoms with E-state index in [-0.39, 0.29) is 5.97 Å². The fourth-order valence-electron chi connectivity index (χ4n) is 2.61. The van der Waals surface area contributed by atoms with Crippen LogP contribution >= 0.6 is 0 Å². The van der Waals surface area contributed by atoms with Gasteiger partial charge in [-0.2, -0.15) is 0 Å². The summed E-state index contributed by atoms with van der Waals surface area (Å²) in [4.78, 5) is 11.5. The minimum absolute atomic E-state index is 0.268. The van der Waals surface area contributed by atoms with Gasteiger partial charge in [-0.15, -0.1) is 0 Å². The highest BCUT2D eigenvalue weighted by molar-refractivity contribution is 5.87. The first-order valence-electron chi connectivity index (χ1n) is 6.66. The Labute approximate surface area is 106 Å². The van der Waals surface area contributed by atoms with Crippen molar-refractivity contribution < 1.29 is 14.0 Å². The lowest BCUT2D eigenvalue weighted by Crippen LogP contribution is -2.51. The van der Waals surface area contributed by atoms with E-state index in [1.54, 1.807) is 0 Å². The Kier molecular flexibility index (Phi) is 7.88. The molecule has 3 heteroatoms. The van der Waals surface area contributed by atoms with Gasteiger partial charge in [0.05, 0.1) is 32.3 Å². The Morgan fingerprint density at radius 1 is 1.06 bits per heavy atom. The lowest BCUT2D eigenvalue weighted by atomic mass is 10.1. The maximum absolute atomic E-state index is 11.5. The molecule has 0 N–H and O–H groups in total. The smallest absolute Gasteiger partial charge is 0.338 e. The van der Waals surface area contributed by atoms with Crippen LogP contribution in [0.5, 0.6) is 0 Å². The van der Waals surface area contributed by atoms with Crippen molar-refractivity contribution in [1.82, 2.24) is 0 Å². The van der Waals surface area contributed by atoms with E-state index in [1.165, 1.54) is 7.11 Å². The molecule has 0 fully saturated rings. The topological polar surface area (TPSA) is 26.3 Å². The molecule has 0 aromatic heterocycles. The number of esters is 1. The van der Waals surface area contributed by atoms with E-state index < -0.39 is 0 Å². The molecule has 0 aromatic carbocycles. The Morgan fingerprint density at radius 3 is 1.76 bits per heavy atom. The molecule has 0 aliphatic rings.